The number of nitrogens with two attached hydrogens (primary N) is 7. The van der Waals surface area contributed by atoms with Crippen molar-refractivity contribution in [1.29, 1.82) is 0 Å². The Morgan fingerprint density at radius 2 is 0.887 bits per heavy atom. The minimum atomic E-state index is -4.87. The number of rotatable bonds is 8. The molecule has 0 atom stereocenters. The van der Waals surface area contributed by atoms with E-state index in [1.807, 2.05) is 0 Å². The number of nitrogens with zero attached hydrogens (tertiary/aromatic N) is 1. The fourth-order valence-electron chi connectivity index (χ4n) is 5.59. The Balaban J connectivity index is 0.000000328. The molecule has 390 valence electrons. The highest BCUT2D eigenvalue weighted by Gasteiger charge is 2.27. The van der Waals surface area contributed by atoms with E-state index in [4.69, 9.17) is 68.2 Å². The van der Waals surface area contributed by atoms with Gasteiger partial charge in [-0.3, -0.25) is 37.4 Å². The lowest BCUT2D eigenvalue weighted by molar-refractivity contribution is -0.385. The summed E-state index contributed by atoms with van der Waals surface area (Å²) in [5.74, 6) is -0.568. The lowest BCUT2D eigenvalue weighted by Gasteiger charge is -2.14. The van der Waals surface area contributed by atoms with E-state index in [1.54, 1.807) is 0 Å². The van der Waals surface area contributed by atoms with Crippen LogP contribution in [-0.4, -0.2) is 107 Å². The number of methoxy groups -OCH3 is 1. The van der Waals surface area contributed by atoms with Gasteiger partial charge in [-0.25, -0.2) is 0 Å². The molecule has 22 N–H and O–H groups in total. The van der Waals surface area contributed by atoms with Crippen molar-refractivity contribution < 1.29 is 97.7 Å². The van der Waals surface area contributed by atoms with Crippen LogP contribution in [0.25, 0.3) is 21.5 Å². The van der Waals surface area contributed by atoms with Crippen LogP contribution < -0.4 is 44.9 Å². The first-order chi connectivity index (χ1) is 32.1. The van der Waals surface area contributed by atoms with Crippen LogP contribution in [0.5, 0.6) is 11.5 Å². The summed E-state index contributed by atoms with van der Waals surface area (Å²) >= 11 is 0. The van der Waals surface area contributed by atoms with E-state index < -0.39 is 113 Å². The molecule has 0 aromatic heterocycles. The number of aromatic hydroxyl groups is 1. The third-order valence-electron chi connectivity index (χ3n) is 8.64. The normalized spacial score (nSPS) is 11.8. The van der Waals surface area contributed by atoms with Crippen LogP contribution >= 0.6 is 0 Å². The van der Waals surface area contributed by atoms with Crippen molar-refractivity contribution in [3.05, 3.63) is 82.9 Å². The summed E-state index contributed by atoms with van der Waals surface area (Å²) < 4.78 is 192. The number of nitrogen functional groups attached to an aromatic ring is 7. The van der Waals surface area contributed by atoms with E-state index in [0.29, 0.717) is 17.9 Å². The Morgan fingerprint density at radius 3 is 1.32 bits per heavy atom. The van der Waals surface area contributed by atoms with Gasteiger partial charge < -0.3 is 55.1 Å². The average Bonchev–Trinajstić information content (AvgIpc) is 3.22. The predicted molar refractivity (Wildman–Crippen MR) is 254 cm³/mol. The number of aliphatic hydroxyl groups excluding tert-OH is 1. The van der Waals surface area contributed by atoms with Crippen molar-refractivity contribution in [2.75, 3.05) is 54.4 Å². The largest absolute Gasteiger partial charge is 0.505 e. The Labute approximate surface area is 401 Å². The number of ether oxygens (including phenoxy) is 1. The summed E-state index contributed by atoms with van der Waals surface area (Å²) in [5.41, 5.74) is 35.6. The van der Waals surface area contributed by atoms with E-state index in [9.17, 15) is 74.8 Å². The first kappa shape index (κ1) is 60.0. The first-order valence-corrected chi connectivity index (χ1v) is 26.3. The van der Waals surface area contributed by atoms with Crippen molar-refractivity contribution in [1.82, 2.24) is 0 Å². The van der Waals surface area contributed by atoms with E-state index in [2.05, 4.69) is 0 Å². The van der Waals surface area contributed by atoms with Gasteiger partial charge in [0.15, 0.2) is 0 Å². The Kier molecular flexibility index (Phi) is 18.5. The SMILES string of the molecule is CO.COc1ccc(N)c(S(=O)(=O)O)c1.Nc1cc(S(=O)(=O)O)c2cc(S(=O)(=O)O)c(N)c(O)c2c1N.Nc1cc2ccc(N)c(S(=O)(=O)O)c2cc1S(=O)(=O)O.Nc1ccc([N+](=O)[O-])cc1S(=O)(=O)O. The van der Waals surface area contributed by atoms with Crippen LogP contribution in [0, 0.1) is 10.1 Å². The number of anilines is 7. The molecule has 6 aromatic carbocycles. The molecule has 0 radical (unpaired) electrons. The number of non-ortho nitro benzene ring substituents is 1. The lowest BCUT2D eigenvalue weighted by Crippen LogP contribution is -2.08. The lowest BCUT2D eigenvalue weighted by atomic mass is 10.1. The van der Waals surface area contributed by atoms with Crippen LogP contribution in [0.3, 0.4) is 0 Å². The van der Waals surface area contributed by atoms with Crippen molar-refractivity contribution >= 4 is 128 Å². The van der Waals surface area contributed by atoms with Gasteiger partial charge in [-0.15, -0.1) is 0 Å². The smallest absolute Gasteiger partial charge is 0.297 e. The maximum atomic E-state index is 11.4. The molecule has 71 heavy (non-hydrogen) atoms. The third kappa shape index (κ3) is 14.7. The Hall–Kier alpha value is -7.14. The van der Waals surface area contributed by atoms with Crippen LogP contribution in [0.15, 0.2) is 102 Å². The number of nitro groups is 1. The zero-order chi connectivity index (χ0) is 55.3. The maximum absolute atomic E-state index is 11.4. The molecule has 0 unspecified atom stereocenters. The molecule has 0 amide bonds. The molecule has 0 saturated carbocycles. The fourth-order valence-corrected chi connectivity index (χ4v) is 9.66. The van der Waals surface area contributed by atoms with Gasteiger partial charge in [0, 0.05) is 36.1 Å². The summed E-state index contributed by atoms with van der Waals surface area (Å²) in [6, 6.07) is 12.9. The second-order valence-electron chi connectivity index (χ2n) is 13.3. The number of hydrogen-bond acceptors (Lipinski definition) is 24. The standard InChI is InChI=1S/C10H11N3O7S2.C10H10N2O6S2.C7H9NO4S.C6H6N2O5S.CH4O/c11-4-2-5(21(15,16)17)3-1-6(22(18,19)20)9(13)10(14)7(3)8(4)12;11-7-2-1-5-3-8(12)9(19(13,14)15)4-6(5)10(7)20(16,17)18;1-12-5-2-3-6(8)7(4-5)13(9,10)11;7-5-2-1-4(8(9)10)3-6(5)14(11,12)13;1-2/h1-2,14H,11-13H2,(H,15,16,17)(H,18,19,20);1-4H,11-12H2,(H,13,14,15)(H,16,17,18);2-4H,8H2,1H3,(H,9,10,11);1-3H,7H2,(H,11,12,13);2H,1H3. The molecule has 0 saturated heterocycles. The molecule has 0 aliphatic rings. The van der Waals surface area contributed by atoms with E-state index >= 15 is 0 Å². The number of hydrogen-bond donors (Lipinski definition) is 15. The number of aliphatic hydroxyl groups is 1. The van der Waals surface area contributed by atoms with E-state index in [0.717, 1.165) is 43.5 Å². The Bertz CT molecular complexity index is 3790. The van der Waals surface area contributed by atoms with Gasteiger partial charge in [0.2, 0.25) is 0 Å². The quantitative estimate of drug-likeness (QED) is 0.0330. The second-order valence-corrected chi connectivity index (χ2v) is 21.6. The molecule has 6 rings (SSSR count). The van der Waals surface area contributed by atoms with Gasteiger partial charge in [0.1, 0.15) is 40.9 Å². The van der Waals surface area contributed by atoms with Crippen molar-refractivity contribution in [2.24, 2.45) is 0 Å². The molecule has 0 aliphatic heterocycles. The average molecular weight is 1120 g/mol. The van der Waals surface area contributed by atoms with Crippen LogP contribution in [-0.2, 0) is 60.7 Å². The van der Waals surface area contributed by atoms with Gasteiger partial charge in [-0.05, 0) is 53.9 Å². The highest BCUT2D eigenvalue weighted by molar-refractivity contribution is 7.87. The van der Waals surface area contributed by atoms with Crippen molar-refractivity contribution in [2.45, 2.75) is 29.4 Å². The van der Waals surface area contributed by atoms with E-state index in [1.165, 1.54) is 31.4 Å². The monoisotopic (exact) mass is 1120 g/mol. The highest BCUT2D eigenvalue weighted by atomic mass is 32.2. The van der Waals surface area contributed by atoms with Crippen LogP contribution in [0.4, 0.5) is 45.5 Å². The third-order valence-corrected chi connectivity index (χ3v) is 14.1. The molecule has 0 fully saturated rings. The number of nitro benzene ring substituents is 1. The van der Waals surface area contributed by atoms with Gasteiger partial charge in [-0.2, -0.15) is 50.5 Å². The van der Waals surface area contributed by atoms with Gasteiger partial charge in [-0.1, -0.05) is 6.07 Å². The summed E-state index contributed by atoms with van der Waals surface area (Å²) in [7, 11) is -25.4. The number of benzene rings is 6. The molecule has 37 heteroatoms. The first-order valence-electron chi connectivity index (χ1n) is 17.7. The van der Waals surface area contributed by atoms with Crippen molar-refractivity contribution in [3.8, 4) is 11.5 Å². The van der Waals surface area contributed by atoms with Crippen LogP contribution in [0.2, 0.25) is 0 Å². The topological polar surface area (TPSA) is 601 Å². The van der Waals surface area contributed by atoms with Crippen LogP contribution in [0.1, 0.15) is 0 Å². The minimum Gasteiger partial charge on any atom is -0.505 e. The number of phenolic OH excluding ortho intramolecular Hbond substituents is 1. The summed E-state index contributed by atoms with van der Waals surface area (Å²) in [5, 5.41) is 26.5. The summed E-state index contributed by atoms with van der Waals surface area (Å²) in [4.78, 5) is 5.45. The second kappa shape index (κ2) is 21.9. The highest BCUT2D eigenvalue weighted by Crippen LogP contribution is 2.44. The predicted octanol–water partition coefficient (Wildman–Crippen LogP) is 0.839. The zero-order valence-electron chi connectivity index (χ0n) is 35.6. The van der Waals surface area contributed by atoms with E-state index in [-0.39, 0.29) is 55.2 Å². The molecule has 0 heterocycles. The Morgan fingerprint density at radius 1 is 0.465 bits per heavy atom. The molecule has 0 bridgehead atoms. The maximum Gasteiger partial charge on any atom is 0.297 e. The fraction of sp³-hybridized carbons (Fsp3) is 0.0588. The molecular formula is C34H40N8O23S6. The molecule has 6 aromatic rings. The number of fused-ring (bicyclic) bond motifs is 2. The van der Waals surface area contributed by atoms with Gasteiger partial charge in [0.05, 0.1) is 57.2 Å². The molecule has 0 aliphatic carbocycles. The minimum absolute atomic E-state index is 0.0108. The van der Waals surface area contributed by atoms with Gasteiger partial charge >= 0.3 is 0 Å². The molecular weight excluding hydrogens is 1080 g/mol. The summed E-state index contributed by atoms with van der Waals surface area (Å²) in [6.07, 6.45) is 0. The van der Waals surface area contributed by atoms with Gasteiger partial charge in [0.25, 0.3) is 66.4 Å². The molecule has 0 spiro atoms. The molecule has 31 nitrogen and oxygen atoms in total. The van der Waals surface area contributed by atoms with Crippen molar-refractivity contribution in [3.63, 3.8) is 0 Å². The number of phenols is 1. The summed E-state index contributed by atoms with van der Waals surface area (Å²) in [6.45, 7) is 0. The zero-order valence-corrected chi connectivity index (χ0v) is 40.5.